The average molecular weight is 428 g/mol. The van der Waals surface area contributed by atoms with Crippen LogP contribution in [0, 0.1) is 5.82 Å². The van der Waals surface area contributed by atoms with Crippen molar-refractivity contribution in [3.05, 3.63) is 59.9 Å². The number of carbonyl (C=O) groups is 1. The van der Waals surface area contributed by atoms with Crippen LogP contribution in [0.25, 0.3) is 22.2 Å². The number of carbonyl (C=O) groups excluding carboxylic acids is 1. The molecule has 158 valence electrons. The predicted octanol–water partition coefficient (Wildman–Crippen LogP) is 4.76. The minimum absolute atomic E-state index is 0. The first-order valence-electron chi connectivity index (χ1n) is 10.4. The Morgan fingerprint density at radius 1 is 1.00 bits per heavy atom. The molecule has 0 radical (unpaired) electrons. The van der Waals surface area contributed by atoms with Gasteiger partial charge in [-0.2, -0.15) is 0 Å². The second kappa shape index (κ2) is 8.05. The molecule has 3 heterocycles. The van der Waals surface area contributed by atoms with Gasteiger partial charge in [0.1, 0.15) is 5.82 Å². The minimum atomic E-state index is -0.315. The predicted molar refractivity (Wildman–Crippen MR) is 121 cm³/mol. The SMILES string of the molecule is CN1C2CCC1CC(NC(=O)c1c(-c3ccccc3F)n(C)c3ccccc13)C2.Cl. The largest absolute Gasteiger partial charge is 0.349 e. The highest BCUT2D eigenvalue weighted by Crippen LogP contribution is 2.36. The van der Waals surface area contributed by atoms with Crippen molar-refractivity contribution in [2.24, 2.45) is 7.05 Å². The Morgan fingerprint density at radius 2 is 1.63 bits per heavy atom. The summed E-state index contributed by atoms with van der Waals surface area (Å²) in [6, 6.07) is 15.8. The van der Waals surface area contributed by atoms with E-state index in [1.807, 2.05) is 41.9 Å². The summed E-state index contributed by atoms with van der Waals surface area (Å²) >= 11 is 0. The smallest absolute Gasteiger partial charge is 0.254 e. The lowest BCUT2D eigenvalue weighted by Crippen LogP contribution is -2.48. The topological polar surface area (TPSA) is 37.3 Å². The highest BCUT2D eigenvalue weighted by Gasteiger charge is 2.39. The summed E-state index contributed by atoms with van der Waals surface area (Å²) in [5.41, 5.74) is 2.59. The molecule has 3 aromatic rings. The Morgan fingerprint density at radius 3 is 2.33 bits per heavy atom. The summed E-state index contributed by atoms with van der Waals surface area (Å²) in [5, 5.41) is 4.15. The number of hydrogen-bond donors (Lipinski definition) is 1. The van der Waals surface area contributed by atoms with Gasteiger partial charge in [0, 0.05) is 41.6 Å². The van der Waals surface area contributed by atoms with Crippen LogP contribution in [0.5, 0.6) is 0 Å². The van der Waals surface area contributed by atoms with Crippen molar-refractivity contribution in [2.45, 2.75) is 43.8 Å². The molecule has 2 saturated heterocycles. The van der Waals surface area contributed by atoms with Crippen LogP contribution in [0.2, 0.25) is 0 Å². The van der Waals surface area contributed by atoms with Crippen molar-refractivity contribution < 1.29 is 9.18 Å². The number of aryl methyl sites for hydroxylation is 1. The van der Waals surface area contributed by atoms with Crippen molar-refractivity contribution >= 4 is 29.2 Å². The fourth-order valence-electron chi connectivity index (χ4n) is 5.38. The number of amides is 1. The Kier molecular flexibility index (Phi) is 5.60. The van der Waals surface area contributed by atoms with Gasteiger partial charge < -0.3 is 14.8 Å². The lowest BCUT2D eigenvalue weighted by Gasteiger charge is -2.36. The highest BCUT2D eigenvalue weighted by atomic mass is 35.5. The van der Waals surface area contributed by atoms with Gasteiger partial charge in [0.15, 0.2) is 0 Å². The summed E-state index contributed by atoms with van der Waals surface area (Å²) in [7, 11) is 4.10. The van der Waals surface area contributed by atoms with Crippen LogP contribution in [0.15, 0.2) is 48.5 Å². The molecule has 2 aliphatic rings. The van der Waals surface area contributed by atoms with E-state index in [0.29, 0.717) is 28.9 Å². The number of halogens is 2. The van der Waals surface area contributed by atoms with Crippen LogP contribution in [0.4, 0.5) is 4.39 Å². The van der Waals surface area contributed by atoms with Crippen LogP contribution in [-0.2, 0) is 7.05 Å². The Hall–Kier alpha value is -2.37. The van der Waals surface area contributed by atoms with E-state index < -0.39 is 0 Å². The zero-order valence-electron chi connectivity index (χ0n) is 17.3. The molecule has 0 spiro atoms. The number of nitrogens with zero attached hydrogens (tertiary/aromatic N) is 2. The number of hydrogen-bond acceptors (Lipinski definition) is 2. The van der Waals surface area contributed by atoms with Crippen molar-refractivity contribution in [3.63, 3.8) is 0 Å². The van der Waals surface area contributed by atoms with Crippen molar-refractivity contribution in [1.82, 2.24) is 14.8 Å². The van der Waals surface area contributed by atoms with Crippen molar-refractivity contribution in [3.8, 4) is 11.3 Å². The maximum atomic E-state index is 14.7. The van der Waals surface area contributed by atoms with Crippen LogP contribution in [-0.4, -0.2) is 40.5 Å². The molecule has 2 atom stereocenters. The summed E-state index contributed by atoms with van der Waals surface area (Å²) < 4.78 is 16.6. The zero-order chi connectivity index (χ0) is 20.1. The molecule has 0 saturated carbocycles. The van der Waals surface area contributed by atoms with Gasteiger partial charge in [0.05, 0.1) is 11.3 Å². The molecule has 2 aliphatic heterocycles. The lowest BCUT2D eigenvalue weighted by atomic mass is 9.97. The maximum Gasteiger partial charge on any atom is 0.254 e. The van der Waals surface area contributed by atoms with E-state index in [1.54, 1.807) is 12.1 Å². The number of benzene rings is 2. The van der Waals surface area contributed by atoms with Gasteiger partial charge in [0.2, 0.25) is 0 Å². The summed E-state index contributed by atoms with van der Waals surface area (Å²) in [6.07, 6.45) is 4.39. The van der Waals surface area contributed by atoms with Crippen LogP contribution in [0.3, 0.4) is 0 Å². The first-order chi connectivity index (χ1) is 14.0. The summed E-state index contributed by atoms with van der Waals surface area (Å²) in [6.45, 7) is 0. The van der Waals surface area contributed by atoms with E-state index in [-0.39, 0.29) is 30.2 Å². The van der Waals surface area contributed by atoms with Gasteiger partial charge in [-0.25, -0.2) is 4.39 Å². The second-order valence-electron chi connectivity index (χ2n) is 8.47. The number of aromatic nitrogens is 1. The third-order valence-electron chi connectivity index (χ3n) is 6.90. The van der Waals surface area contributed by atoms with Crippen LogP contribution >= 0.6 is 12.4 Å². The van der Waals surface area contributed by atoms with Gasteiger partial charge in [-0.15, -0.1) is 12.4 Å². The maximum absolute atomic E-state index is 14.7. The molecule has 5 rings (SSSR count). The van der Waals surface area contributed by atoms with E-state index in [1.165, 1.54) is 18.9 Å². The number of piperidine rings is 1. The quantitative estimate of drug-likeness (QED) is 0.654. The van der Waals surface area contributed by atoms with Gasteiger partial charge in [-0.05, 0) is 50.9 Å². The molecule has 6 heteroatoms. The third kappa shape index (κ3) is 3.30. The molecular formula is C24H27ClFN3O. The van der Waals surface area contributed by atoms with E-state index in [9.17, 15) is 9.18 Å². The molecule has 0 aliphatic carbocycles. The van der Waals surface area contributed by atoms with E-state index in [4.69, 9.17) is 0 Å². The first kappa shape index (κ1) is 20.9. The lowest BCUT2D eigenvalue weighted by molar-refractivity contribution is 0.0884. The Balaban J connectivity index is 0.00000218. The molecule has 2 unspecified atom stereocenters. The summed E-state index contributed by atoms with van der Waals surface area (Å²) in [4.78, 5) is 16.0. The van der Waals surface area contributed by atoms with Crippen molar-refractivity contribution in [2.75, 3.05) is 7.05 Å². The molecule has 1 aromatic heterocycles. The van der Waals surface area contributed by atoms with Gasteiger partial charge in [0.25, 0.3) is 5.91 Å². The fourth-order valence-corrected chi connectivity index (χ4v) is 5.38. The van der Waals surface area contributed by atoms with Gasteiger partial charge in [-0.1, -0.05) is 30.3 Å². The molecule has 30 heavy (non-hydrogen) atoms. The van der Waals surface area contributed by atoms with Gasteiger partial charge in [-0.3, -0.25) is 4.79 Å². The normalized spacial score (nSPS) is 23.4. The van der Waals surface area contributed by atoms with E-state index >= 15 is 0 Å². The Labute approximate surface area is 182 Å². The number of rotatable bonds is 3. The average Bonchev–Trinajstić information content (AvgIpc) is 3.10. The molecule has 2 fully saturated rings. The van der Waals surface area contributed by atoms with Gasteiger partial charge >= 0.3 is 0 Å². The monoisotopic (exact) mass is 427 g/mol. The number of para-hydroxylation sites is 1. The molecule has 1 N–H and O–H groups in total. The fraction of sp³-hybridized carbons (Fsp3) is 0.375. The molecular weight excluding hydrogens is 401 g/mol. The van der Waals surface area contributed by atoms with Crippen LogP contribution < -0.4 is 5.32 Å². The van der Waals surface area contributed by atoms with E-state index in [2.05, 4.69) is 17.3 Å². The molecule has 2 bridgehead atoms. The second-order valence-corrected chi connectivity index (χ2v) is 8.47. The standard InChI is InChI=1S/C24H26FN3O.ClH/c1-27-16-11-12-17(27)14-15(13-16)26-24(29)22-19-8-4-6-10-21(19)28(2)23(22)18-7-3-5-9-20(18)25;/h3-10,15-17H,11-14H2,1-2H3,(H,26,29);1H. The molecule has 1 amide bonds. The minimum Gasteiger partial charge on any atom is -0.349 e. The molecule has 4 nitrogen and oxygen atoms in total. The summed E-state index contributed by atoms with van der Waals surface area (Å²) in [5.74, 6) is -0.418. The van der Waals surface area contributed by atoms with Crippen molar-refractivity contribution in [1.29, 1.82) is 0 Å². The highest BCUT2D eigenvalue weighted by molar-refractivity contribution is 6.12. The number of fused-ring (bicyclic) bond motifs is 3. The zero-order valence-corrected chi connectivity index (χ0v) is 18.1. The Bertz CT molecular complexity index is 1080. The molecule has 2 aromatic carbocycles. The first-order valence-corrected chi connectivity index (χ1v) is 10.4. The van der Waals surface area contributed by atoms with Crippen LogP contribution in [0.1, 0.15) is 36.0 Å². The number of nitrogens with one attached hydrogen (secondary N) is 1. The third-order valence-corrected chi connectivity index (χ3v) is 6.90. The van der Waals surface area contributed by atoms with E-state index in [0.717, 1.165) is 23.7 Å².